The molecule has 1 atom stereocenters. The van der Waals surface area contributed by atoms with Crippen molar-refractivity contribution >= 4 is 23.0 Å². The van der Waals surface area contributed by atoms with E-state index in [-0.39, 0.29) is 6.04 Å². The van der Waals surface area contributed by atoms with E-state index in [0.29, 0.717) is 5.11 Å². The molecule has 5 nitrogen and oxygen atoms in total. The molecule has 0 aliphatic carbocycles. The quantitative estimate of drug-likeness (QED) is 0.502. The van der Waals surface area contributed by atoms with Gasteiger partial charge in [0.25, 0.3) is 0 Å². The average Bonchev–Trinajstić information content (AvgIpc) is 2.55. The number of hydrogen-bond donors (Lipinski definition) is 2. The van der Waals surface area contributed by atoms with Gasteiger partial charge >= 0.3 is 0 Å². The minimum Gasteiger partial charge on any atom is -0.379 e. The summed E-state index contributed by atoms with van der Waals surface area (Å²) in [6.45, 7) is 5.36. The molecule has 2 rings (SSSR count). The van der Waals surface area contributed by atoms with Crippen LogP contribution in [-0.2, 0) is 4.74 Å². The molecule has 0 spiro atoms. The third kappa shape index (κ3) is 4.49. The van der Waals surface area contributed by atoms with Gasteiger partial charge in [0, 0.05) is 20.1 Å². The van der Waals surface area contributed by atoms with E-state index in [1.807, 2.05) is 13.0 Å². The van der Waals surface area contributed by atoms with Crippen molar-refractivity contribution in [1.29, 1.82) is 0 Å². The van der Waals surface area contributed by atoms with Gasteiger partial charge in [-0.05, 0) is 24.7 Å². The molecule has 0 saturated carbocycles. The summed E-state index contributed by atoms with van der Waals surface area (Å²) in [7, 11) is 1.77. The molecule has 0 radical (unpaired) electrons. The number of benzene rings is 1. The molecule has 1 aromatic carbocycles. The molecule has 1 aliphatic heterocycles. The fourth-order valence-electron chi connectivity index (χ4n) is 2.44. The highest BCUT2D eigenvalue weighted by atomic mass is 32.1. The van der Waals surface area contributed by atoms with E-state index in [0.717, 1.165) is 32.0 Å². The minimum absolute atomic E-state index is 0.141. The normalized spacial score (nSPS) is 18.1. The maximum absolute atomic E-state index is 5.45. The van der Waals surface area contributed by atoms with Crippen LogP contribution in [0.5, 0.6) is 0 Å². The molecule has 21 heavy (non-hydrogen) atoms. The van der Waals surface area contributed by atoms with Gasteiger partial charge in [0.15, 0.2) is 5.11 Å². The van der Waals surface area contributed by atoms with E-state index < -0.39 is 0 Å². The molecule has 1 aliphatic rings. The number of morpholine rings is 1. The average molecular weight is 306 g/mol. The Balaban J connectivity index is 2.20. The first-order valence-electron chi connectivity index (χ1n) is 7.11. The van der Waals surface area contributed by atoms with E-state index in [4.69, 9.17) is 17.0 Å². The van der Waals surface area contributed by atoms with Gasteiger partial charge in [-0.3, -0.25) is 10.3 Å². The summed E-state index contributed by atoms with van der Waals surface area (Å²) in [6, 6.07) is 10.6. The van der Waals surface area contributed by atoms with Gasteiger partial charge in [-0.2, -0.15) is 5.10 Å². The zero-order valence-electron chi connectivity index (χ0n) is 12.5. The molecule has 2 N–H and O–H groups in total. The molecule has 0 bridgehead atoms. The first-order chi connectivity index (χ1) is 10.2. The van der Waals surface area contributed by atoms with Gasteiger partial charge in [-0.15, -0.1) is 0 Å². The topological polar surface area (TPSA) is 48.9 Å². The van der Waals surface area contributed by atoms with Crippen LogP contribution in [0.3, 0.4) is 0 Å². The molecule has 1 heterocycles. The van der Waals surface area contributed by atoms with Crippen LogP contribution >= 0.6 is 12.2 Å². The number of hydrogen-bond acceptors (Lipinski definition) is 4. The van der Waals surface area contributed by atoms with Crippen molar-refractivity contribution in [2.24, 2.45) is 5.10 Å². The smallest absolute Gasteiger partial charge is 0.186 e. The Morgan fingerprint density at radius 1 is 1.29 bits per heavy atom. The predicted octanol–water partition coefficient (Wildman–Crippen LogP) is 1.53. The standard InChI is InChI=1S/C15H22N4OS/c1-12(17-18-15(21)16-2)14(13-6-4-3-5-7-13)19-8-10-20-11-9-19/h3-7,14H,8-11H2,1-2H3,(H2,16,18,21)/b17-12-/t14-/m0/s1. The van der Waals surface area contributed by atoms with E-state index in [1.54, 1.807) is 7.05 Å². The number of nitrogens with one attached hydrogen (secondary N) is 2. The summed E-state index contributed by atoms with van der Waals surface area (Å²) in [5, 5.41) is 7.80. The van der Waals surface area contributed by atoms with Crippen molar-refractivity contribution in [2.75, 3.05) is 33.4 Å². The van der Waals surface area contributed by atoms with Crippen LogP contribution in [0, 0.1) is 0 Å². The molecular formula is C15H22N4OS. The second-order valence-corrected chi connectivity index (χ2v) is 5.31. The van der Waals surface area contributed by atoms with E-state index in [9.17, 15) is 0 Å². The van der Waals surface area contributed by atoms with Crippen molar-refractivity contribution in [3.63, 3.8) is 0 Å². The summed E-state index contributed by atoms with van der Waals surface area (Å²) in [5.74, 6) is 0. The molecule has 0 amide bonds. The number of nitrogens with zero attached hydrogens (tertiary/aromatic N) is 2. The van der Waals surface area contributed by atoms with Gasteiger partial charge in [0.2, 0.25) is 0 Å². The van der Waals surface area contributed by atoms with E-state index >= 15 is 0 Å². The Bertz CT molecular complexity index is 486. The van der Waals surface area contributed by atoms with Crippen molar-refractivity contribution < 1.29 is 4.74 Å². The van der Waals surface area contributed by atoms with Crippen LogP contribution in [0.25, 0.3) is 0 Å². The van der Waals surface area contributed by atoms with Crippen LogP contribution in [-0.4, -0.2) is 49.1 Å². The highest BCUT2D eigenvalue weighted by molar-refractivity contribution is 7.80. The van der Waals surface area contributed by atoms with E-state index in [1.165, 1.54) is 5.56 Å². The van der Waals surface area contributed by atoms with Gasteiger partial charge in [-0.1, -0.05) is 30.3 Å². The lowest BCUT2D eigenvalue weighted by atomic mass is 10.0. The van der Waals surface area contributed by atoms with Gasteiger partial charge in [-0.25, -0.2) is 0 Å². The number of hydrazone groups is 1. The lowest BCUT2D eigenvalue weighted by Gasteiger charge is -2.34. The summed E-state index contributed by atoms with van der Waals surface area (Å²) >= 11 is 5.07. The second-order valence-electron chi connectivity index (χ2n) is 4.91. The molecule has 114 valence electrons. The SMILES string of the molecule is CNC(=S)N/N=C(/C)[C@@H](c1ccccc1)N1CCOCC1. The first-order valence-corrected chi connectivity index (χ1v) is 7.52. The molecule has 1 aromatic rings. The van der Waals surface area contributed by atoms with Crippen molar-refractivity contribution in [3.05, 3.63) is 35.9 Å². The molecule has 0 aromatic heterocycles. The van der Waals surface area contributed by atoms with E-state index in [2.05, 4.69) is 45.0 Å². The highest BCUT2D eigenvalue weighted by Gasteiger charge is 2.25. The summed E-state index contributed by atoms with van der Waals surface area (Å²) in [5.41, 5.74) is 5.09. The van der Waals surface area contributed by atoms with Crippen LogP contribution in [0.1, 0.15) is 18.5 Å². The summed E-state index contributed by atoms with van der Waals surface area (Å²) in [4.78, 5) is 2.39. The third-order valence-corrected chi connectivity index (χ3v) is 3.78. The Morgan fingerprint density at radius 2 is 1.95 bits per heavy atom. The molecule has 0 unspecified atom stereocenters. The van der Waals surface area contributed by atoms with Crippen LogP contribution in [0.15, 0.2) is 35.4 Å². The Morgan fingerprint density at radius 3 is 2.57 bits per heavy atom. The number of ether oxygens (including phenoxy) is 1. The minimum atomic E-state index is 0.141. The predicted molar refractivity (Wildman–Crippen MR) is 89.5 cm³/mol. The van der Waals surface area contributed by atoms with Crippen LogP contribution in [0.2, 0.25) is 0 Å². The molecular weight excluding hydrogens is 284 g/mol. The number of rotatable bonds is 4. The van der Waals surface area contributed by atoms with Gasteiger partial charge in [0.05, 0.1) is 25.0 Å². The van der Waals surface area contributed by atoms with Crippen molar-refractivity contribution in [2.45, 2.75) is 13.0 Å². The maximum atomic E-state index is 5.45. The van der Waals surface area contributed by atoms with Crippen molar-refractivity contribution in [1.82, 2.24) is 15.6 Å². The zero-order chi connectivity index (χ0) is 15.1. The summed E-state index contributed by atoms with van der Waals surface area (Å²) < 4.78 is 5.45. The Labute approximate surface area is 131 Å². The fourth-order valence-corrected chi connectivity index (χ4v) is 2.49. The first kappa shape index (κ1) is 15.9. The monoisotopic (exact) mass is 306 g/mol. The lowest BCUT2D eigenvalue weighted by Crippen LogP contribution is -2.42. The van der Waals surface area contributed by atoms with Gasteiger partial charge < -0.3 is 10.1 Å². The van der Waals surface area contributed by atoms with Crippen LogP contribution in [0.4, 0.5) is 0 Å². The maximum Gasteiger partial charge on any atom is 0.186 e. The highest BCUT2D eigenvalue weighted by Crippen LogP contribution is 2.23. The fraction of sp³-hybridized carbons (Fsp3) is 0.467. The second kappa shape index (κ2) is 8.07. The number of thiocarbonyl (C=S) groups is 1. The largest absolute Gasteiger partial charge is 0.379 e. The van der Waals surface area contributed by atoms with Crippen molar-refractivity contribution in [3.8, 4) is 0 Å². The van der Waals surface area contributed by atoms with Gasteiger partial charge in [0.1, 0.15) is 0 Å². The third-order valence-electron chi connectivity index (χ3n) is 3.48. The molecule has 1 saturated heterocycles. The lowest BCUT2D eigenvalue weighted by molar-refractivity contribution is 0.0285. The molecule has 6 heteroatoms. The molecule has 1 fully saturated rings. The summed E-state index contributed by atoms with van der Waals surface area (Å²) in [6.07, 6.45) is 0. The Kier molecular flexibility index (Phi) is 6.10. The van der Waals surface area contributed by atoms with Crippen LogP contribution < -0.4 is 10.7 Å². The Hall–Kier alpha value is -1.50. The zero-order valence-corrected chi connectivity index (χ0v) is 13.3.